The third-order valence-corrected chi connectivity index (χ3v) is 2.97. The quantitative estimate of drug-likeness (QED) is 0.687. The van der Waals surface area contributed by atoms with Crippen molar-refractivity contribution in [1.29, 1.82) is 0 Å². The van der Waals surface area contributed by atoms with Crippen molar-refractivity contribution < 1.29 is 5.11 Å². The summed E-state index contributed by atoms with van der Waals surface area (Å²) in [6.07, 6.45) is 3.13. The number of rotatable bonds is 7. The summed E-state index contributed by atoms with van der Waals surface area (Å²) in [5.41, 5.74) is 3.66. The Morgan fingerprint density at radius 1 is 1.25 bits per heavy atom. The van der Waals surface area contributed by atoms with Gasteiger partial charge in [-0.1, -0.05) is 0 Å². The van der Waals surface area contributed by atoms with E-state index in [0.717, 1.165) is 38.0 Å². The maximum Gasteiger partial charge on any atom is 0.0641 e. The summed E-state index contributed by atoms with van der Waals surface area (Å²) in [5, 5.41) is 16.4. The molecule has 0 unspecified atom stereocenters. The predicted octanol–water partition coefficient (Wildman–Crippen LogP) is 1.29. The molecule has 0 bridgehead atoms. The predicted molar refractivity (Wildman–Crippen MR) is 65.3 cm³/mol. The molecule has 0 aromatic carbocycles. The molecule has 0 atom stereocenters. The number of aryl methyl sites for hydroxylation is 2. The second-order valence-electron chi connectivity index (χ2n) is 4.23. The lowest BCUT2D eigenvalue weighted by atomic mass is 10.2. The minimum Gasteiger partial charge on any atom is -0.396 e. The Labute approximate surface area is 97.7 Å². The van der Waals surface area contributed by atoms with Crippen molar-refractivity contribution in [3.05, 3.63) is 17.0 Å². The molecule has 0 saturated carbocycles. The molecule has 0 saturated heterocycles. The molecule has 0 aliphatic rings. The van der Waals surface area contributed by atoms with Gasteiger partial charge in [0.1, 0.15) is 0 Å². The van der Waals surface area contributed by atoms with Gasteiger partial charge < -0.3 is 10.4 Å². The van der Waals surface area contributed by atoms with Gasteiger partial charge in [-0.15, -0.1) is 0 Å². The van der Waals surface area contributed by atoms with E-state index in [1.54, 1.807) is 0 Å². The lowest BCUT2D eigenvalue weighted by Crippen LogP contribution is -2.15. The average molecular weight is 225 g/mol. The Kier molecular flexibility index (Phi) is 5.49. The van der Waals surface area contributed by atoms with E-state index in [1.165, 1.54) is 11.3 Å². The van der Waals surface area contributed by atoms with Crippen molar-refractivity contribution in [3.8, 4) is 0 Å². The van der Waals surface area contributed by atoms with Crippen LogP contribution in [-0.2, 0) is 13.6 Å². The summed E-state index contributed by atoms with van der Waals surface area (Å²) in [7, 11) is 1.98. The van der Waals surface area contributed by atoms with Crippen LogP contribution >= 0.6 is 0 Å². The fourth-order valence-corrected chi connectivity index (χ4v) is 1.83. The first kappa shape index (κ1) is 13.2. The van der Waals surface area contributed by atoms with E-state index in [0.29, 0.717) is 6.61 Å². The SMILES string of the molecule is Cc1nn(C)c(C)c1CNCCCCCO. The Balaban J connectivity index is 2.26. The van der Waals surface area contributed by atoms with Crippen molar-refractivity contribution in [2.24, 2.45) is 7.05 Å². The van der Waals surface area contributed by atoms with Crippen LogP contribution in [0.5, 0.6) is 0 Å². The molecule has 0 spiro atoms. The second-order valence-corrected chi connectivity index (χ2v) is 4.23. The smallest absolute Gasteiger partial charge is 0.0641 e. The number of nitrogens with one attached hydrogen (secondary N) is 1. The van der Waals surface area contributed by atoms with Gasteiger partial charge in [0, 0.05) is 31.5 Å². The third kappa shape index (κ3) is 3.61. The number of hydrogen-bond donors (Lipinski definition) is 2. The van der Waals surface area contributed by atoms with Crippen molar-refractivity contribution in [2.45, 2.75) is 39.7 Å². The van der Waals surface area contributed by atoms with E-state index in [4.69, 9.17) is 5.11 Å². The molecule has 92 valence electrons. The summed E-state index contributed by atoms with van der Waals surface area (Å²) in [6, 6.07) is 0. The van der Waals surface area contributed by atoms with E-state index >= 15 is 0 Å². The minimum atomic E-state index is 0.306. The fourth-order valence-electron chi connectivity index (χ4n) is 1.83. The van der Waals surface area contributed by atoms with Crippen molar-refractivity contribution >= 4 is 0 Å². The van der Waals surface area contributed by atoms with Crippen LogP contribution in [0.1, 0.15) is 36.2 Å². The molecule has 4 nitrogen and oxygen atoms in total. The molecule has 0 fully saturated rings. The lowest BCUT2D eigenvalue weighted by Gasteiger charge is -2.05. The summed E-state index contributed by atoms with van der Waals surface area (Å²) in [5.74, 6) is 0. The average Bonchev–Trinajstić information content (AvgIpc) is 2.49. The van der Waals surface area contributed by atoms with Crippen molar-refractivity contribution in [3.63, 3.8) is 0 Å². The zero-order valence-corrected chi connectivity index (χ0v) is 10.6. The van der Waals surface area contributed by atoms with Gasteiger partial charge in [-0.2, -0.15) is 5.10 Å². The number of hydrogen-bond acceptors (Lipinski definition) is 3. The molecule has 1 aromatic heterocycles. The highest BCUT2D eigenvalue weighted by Crippen LogP contribution is 2.11. The summed E-state index contributed by atoms with van der Waals surface area (Å²) in [4.78, 5) is 0. The summed E-state index contributed by atoms with van der Waals surface area (Å²) >= 11 is 0. The highest BCUT2D eigenvalue weighted by molar-refractivity contribution is 5.23. The molecule has 1 aromatic rings. The van der Waals surface area contributed by atoms with Crippen LogP contribution in [0.25, 0.3) is 0 Å². The maximum absolute atomic E-state index is 8.64. The molecule has 2 N–H and O–H groups in total. The zero-order valence-electron chi connectivity index (χ0n) is 10.6. The number of aromatic nitrogens is 2. The highest BCUT2D eigenvalue weighted by atomic mass is 16.2. The van der Waals surface area contributed by atoms with E-state index < -0.39 is 0 Å². The fraction of sp³-hybridized carbons (Fsp3) is 0.750. The molecule has 0 aliphatic carbocycles. The van der Waals surface area contributed by atoms with E-state index in [2.05, 4.69) is 24.3 Å². The molecule has 0 aliphatic heterocycles. The van der Waals surface area contributed by atoms with Crippen LogP contribution in [-0.4, -0.2) is 28.0 Å². The van der Waals surface area contributed by atoms with Gasteiger partial charge in [-0.25, -0.2) is 0 Å². The van der Waals surface area contributed by atoms with Crippen molar-refractivity contribution in [1.82, 2.24) is 15.1 Å². The van der Waals surface area contributed by atoms with Gasteiger partial charge in [0.15, 0.2) is 0 Å². The van der Waals surface area contributed by atoms with Crippen LogP contribution in [0.2, 0.25) is 0 Å². The van der Waals surface area contributed by atoms with Gasteiger partial charge in [-0.05, 0) is 39.7 Å². The largest absolute Gasteiger partial charge is 0.396 e. The Morgan fingerprint density at radius 2 is 2.00 bits per heavy atom. The van der Waals surface area contributed by atoms with Gasteiger partial charge in [0.2, 0.25) is 0 Å². The van der Waals surface area contributed by atoms with Gasteiger partial charge in [-0.3, -0.25) is 4.68 Å². The molecule has 16 heavy (non-hydrogen) atoms. The highest BCUT2D eigenvalue weighted by Gasteiger charge is 2.07. The van der Waals surface area contributed by atoms with Crippen LogP contribution in [0.15, 0.2) is 0 Å². The minimum absolute atomic E-state index is 0.306. The molecule has 4 heteroatoms. The van der Waals surface area contributed by atoms with Crippen molar-refractivity contribution in [2.75, 3.05) is 13.2 Å². The summed E-state index contributed by atoms with van der Waals surface area (Å²) in [6.45, 7) is 6.36. The van der Waals surface area contributed by atoms with Crippen LogP contribution in [0.4, 0.5) is 0 Å². The lowest BCUT2D eigenvalue weighted by molar-refractivity contribution is 0.283. The Bertz CT molecular complexity index is 320. The van der Waals surface area contributed by atoms with Crippen LogP contribution in [0.3, 0.4) is 0 Å². The van der Waals surface area contributed by atoms with Gasteiger partial charge in [0.25, 0.3) is 0 Å². The molecular weight excluding hydrogens is 202 g/mol. The van der Waals surface area contributed by atoms with E-state index in [1.807, 2.05) is 11.7 Å². The van der Waals surface area contributed by atoms with E-state index in [-0.39, 0.29) is 0 Å². The molecule has 1 rings (SSSR count). The number of unbranched alkanes of at least 4 members (excludes halogenated alkanes) is 2. The molecule has 0 radical (unpaired) electrons. The van der Waals surface area contributed by atoms with Gasteiger partial charge in [0.05, 0.1) is 5.69 Å². The molecule has 0 amide bonds. The Morgan fingerprint density at radius 3 is 2.56 bits per heavy atom. The molecular formula is C12H23N3O. The monoisotopic (exact) mass is 225 g/mol. The van der Waals surface area contributed by atoms with Crippen LogP contribution < -0.4 is 5.32 Å². The first-order chi connectivity index (χ1) is 7.66. The zero-order chi connectivity index (χ0) is 12.0. The normalized spacial score (nSPS) is 11.0. The Hall–Kier alpha value is -0.870. The van der Waals surface area contributed by atoms with Crippen LogP contribution in [0, 0.1) is 13.8 Å². The standard InChI is InChI=1S/C12H23N3O/c1-10-12(11(2)15(3)14-10)9-13-7-5-4-6-8-16/h13,16H,4-9H2,1-3H3. The number of nitrogens with zero attached hydrogens (tertiary/aromatic N) is 2. The number of aliphatic hydroxyl groups is 1. The number of aliphatic hydroxyl groups excluding tert-OH is 1. The maximum atomic E-state index is 8.64. The summed E-state index contributed by atoms with van der Waals surface area (Å²) < 4.78 is 1.93. The second kappa shape index (κ2) is 6.66. The first-order valence-corrected chi connectivity index (χ1v) is 5.97. The first-order valence-electron chi connectivity index (χ1n) is 5.97. The van der Waals surface area contributed by atoms with Gasteiger partial charge >= 0.3 is 0 Å². The third-order valence-electron chi connectivity index (χ3n) is 2.97. The molecule has 1 heterocycles. The van der Waals surface area contributed by atoms with E-state index in [9.17, 15) is 0 Å². The topological polar surface area (TPSA) is 50.1 Å².